The van der Waals surface area contributed by atoms with Crippen LogP contribution in [0.25, 0.3) is 0 Å². The molecular formula is C14H25N5OS. The van der Waals surface area contributed by atoms with Crippen molar-refractivity contribution < 1.29 is 4.74 Å². The first-order valence-corrected chi connectivity index (χ1v) is 8.87. The Morgan fingerprint density at radius 3 is 2.76 bits per heavy atom. The van der Waals surface area contributed by atoms with Crippen molar-refractivity contribution in [3.05, 3.63) is 0 Å². The first-order chi connectivity index (χ1) is 10.2. The summed E-state index contributed by atoms with van der Waals surface area (Å²) in [6.07, 6.45) is 8.10. The predicted octanol–water partition coefficient (Wildman–Crippen LogP) is 2.79. The van der Waals surface area contributed by atoms with Gasteiger partial charge in [-0.15, -0.1) is 0 Å². The van der Waals surface area contributed by atoms with Crippen molar-refractivity contribution in [1.29, 1.82) is 0 Å². The molecule has 2 rings (SSSR count). The number of methoxy groups -OCH3 is 1. The monoisotopic (exact) mass is 311 g/mol. The van der Waals surface area contributed by atoms with E-state index in [0.717, 1.165) is 24.6 Å². The van der Waals surface area contributed by atoms with Crippen LogP contribution in [0.1, 0.15) is 39.0 Å². The van der Waals surface area contributed by atoms with Gasteiger partial charge < -0.3 is 15.4 Å². The Labute approximate surface area is 130 Å². The fraction of sp³-hybridized carbons (Fsp3) is 0.786. The van der Waals surface area contributed by atoms with Crippen LogP contribution in [-0.2, 0) is 0 Å². The maximum Gasteiger partial charge on any atom is 0.322 e. The summed E-state index contributed by atoms with van der Waals surface area (Å²) in [6, 6.07) is 0.783. The first-order valence-electron chi connectivity index (χ1n) is 7.58. The van der Waals surface area contributed by atoms with Gasteiger partial charge in [0.2, 0.25) is 11.9 Å². The van der Waals surface area contributed by atoms with Gasteiger partial charge in [-0.2, -0.15) is 26.7 Å². The predicted molar refractivity (Wildman–Crippen MR) is 88.3 cm³/mol. The molecule has 1 aromatic heterocycles. The fourth-order valence-corrected chi connectivity index (χ4v) is 3.33. The normalized spacial score (nSPS) is 21.9. The zero-order valence-electron chi connectivity index (χ0n) is 13.1. The second-order valence-corrected chi connectivity index (χ2v) is 6.40. The molecular weight excluding hydrogens is 286 g/mol. The zero-order chi connectivity index (χ0) is 15.1. The molecule has 1 fully saturated rings. The van der Waals surface area contributed by atoms with Crippen LogP contribution in [0.2, 0.25) is 0 Å². The molecule has 2 N–H and O–H groups in total. The number of anilines is 2. The number of nitrogens with one attached hydrogen (secondary N) is 2. The van der Waals surface area contributed by atoms with E-state index in [4.69, 9.17) is 4.74 Å². The van der Waals surface area contributed by atoms with Gasteiger partial charge in [-0.1, -0.05) is 13.3 Å². The summed E-state index contributed by atoms with van der Waals surface area (Å²) >= 11 is 1.95. The zero-order valence-corrected chi connectivity index (χ0v) is 13.9. The molecule has 1 aromatic rings. The average molecular weight is 311 g/mol. The van der Waals surface area contributed by atoms with E-state index in [2.05, 4.69) is 38.8 Å². The van der Waals surface area contributed by atoms with E-state index in [-0.39, 0.29) is 0 Å². The second-order valence-electron chi connectivity index (χ2n) is 5.26. The maximum absolute atomic E-state index is 5.16. The van der Waals surface area contributed by atoms with Gasteiger partial charge in [0.15, 0.2) is 0 Å². The lowest BCUT2D eigenvalue weighted by Gasteiger charge is -2.28. The number of aromatic nitrogens is 3. The highest BCUT2D eigenvalue weighted by Crippen LogP contribution is 2.28. The number of thioether (sulfide) groups is 1. The van der Waals surface area contributed by atoms with Crippen LogP contribution in [0.5, 0.6) is 6.01 Å². The largest absolute Gasteiger partial charge is 0.467 e. The van der Waals surface area contributed by atoms with Crippen LogP contribution in [0.4, 0.5) is 11.9 Å². The lowest BCUT2D eigenvalue weighted by atomic mass is 9.95. The van der Waals surface area contributed by atoms with Crippen molar-refractivity contribution >= 4 is 23.7 Å². The van der Waals surface area contributed by atoms with Crippen molar-refractivity contribution in [3.63, 3.8) is 0 Å². The third-order valence-corrected chi connectivity index (χ3v) is 4.72. The Kier molecular flexibility index (Phi) is 6.35. The molecule has 21 heavy (non-hydrogen) atoms. The van der Waals surface area contributed by atoms with Crippen LogP contribution in [0.3, 0.4) is 0 Å². The minimum atomic E-state index is 0.350. The second kappa shape index (κ2) is 8.26. The van der Waals surface area contributed by atoms with E-state index in [1.807, 2.05) is 11.8 Å². The molecule has 0 saturated heterocycles. The number of ether oxygens (including phenoxy) is 1. The Morgan fingerprint density at radius 1 is 1.24 bits per heavy atom. The van der Waals surface area contributed by atoms with E-state index in [0.29, 0.717) is 23.9 Å². The highest BCUT2D eigenvalue weighted by Gasteiger charge is 2.22. The molecule has 1 aliphatic rings. The number of hydrogen-bond acceptors (Lipinski definition) is 7. The Balaban J connectivity index is 2.03. The first kappa shape index (κ1) is 16.1. The van der Waals surface area contributed by atoms with Gasteiger partial charge in [0.05, 0.1) is 7.11 Å². The molecule has 2 unspecified atom stereocenters. The molecule has 0 radical (unpaired) electrons. The van der Waals surface area contributed by atoms with Crippen LogP contribution in [0, 0.1) is 0 Å². The van der Waals surface area contributed by atoms with Crippen LogP contribution in [0.15, 0.2) is 0 Å². The van der Waals surface area contributed by atoms with E-state index >= 15 is 0 Å². The third kappa shape index (κ3) is 4.91. The topological polar surface area (TPSA) is 72.0 Å². The van der Waals surface area contributed by atoms with Crippen molar-refractivity contribution in [3.8, 4) is 6.01 Å². The smallest absolute Gasteiger partial charge is 0.322 e. The highest BCUT2D eigenvalue weighted by molar-refractivity contribution is 7.99. The Morgan fingerprint density at radius 2 is 2.05 bits per heavy atom. The van der Waals surface area contributed by atoms with Crippen LogP contribution >= 0.6 is 11.8 Å². The molecule has 6 nitrogen and oxygen atoms in total. The minimum absolute atomic E-state index is 0.350. The lowest BCUT2D eigenvalue weighted by Crippen LogP contribution is -2.29. The maximum atomic E-state index is 5.16. The van der Waals surface area contributed by atoms with Gasteiger partial charge in [0, 0.05) is 17.8 Å². The molecule has 0 aliphatic heterocycles. The Hall–Kier alpha value is -1.24. The quantitative estimate of drug-likeness (QED) is 0.802. The van der Waals surface area contributed by atoms with Crippen molar-refractivity contribution in [2.75, 3.05) is 30.5 Å². The van der Waals surface area contributed by atoms with Gasteiger partial charge in [-0.05, 0) is 31.9 Å². The van der Waals surface area contributed by atoms with Gasteiger partial charge in [-0.3, -0.25) is 0 Å². The summed E-state index contributed by atoms with van der Waals surface area (Å²) in [6.45, 7) is 2.94. The lowest BCUT2D eigenvalue weighted by molar-refractivity contribution is 0.378. The van der Waals surface area contributed by atoms with Crippen molar-refractivity contribution in [2.24, 2.45) is 0 Å². The molecule has 1 saturated carbocycles. The van der Waals surface area contributed by atoms with Crippen molar-refractivity contribution in [2.45, 2.75) is 50.3 Å². The van der Waals surface area contributed by atoms with Crippen LogP contribution in [-0.4, -0.2) is 46.2 Å². The molecule has 1 aliphatic carbocycles. The van der Waals surface area contributed by atoms with Gasteiger partial charge in [-0.25, -0.2) is 0 Å². The van der Waals surface area contributed by atoms with E-state index in [1.54, 1.807) is 7.11 Å². The Bertz CT molecular complexity index is 445. The third-order valence-electron chi connectivity index (χ3n) is 3.62. The molecule has 1 heterocycles. The summed E-state index contributed by atoms with van der Waals surface area (Å²) in [5, 5.41) is 7.36. The number of nitrogens with zero attached hydrogens (tertiary/aromatic N) is 3. The summed E-state index contributed by atoms with van der Waals surface area (Å²) in [5.41, 5.74) is 0. The van der Waals surface area contributed by atoms with Crippen LogP contribution < -0.4 is 15.4 Å². The fourth-order valence-electron chi connectivity index (χ4n) is 2.50. The van der Waals surface area contributed by atoms with Gasteiger partial charge in [0.1, 0.15) is 0 Å². The molecule has 0 spiro atoms. The molecule has 0 aromatic carbocycles. The summed E-state index contributed by atoms with van der Waals surface area (Å²) < 4.78 is 5.16. The summed E-state index contributed by atoms with van der Waals surface area (Å²) in [4.78, 5) is 12.9. The molecule has 2 atom stereocenters. The van der Waals surface area contributed by atoms with E-state index in [1.165, 1.54) is 19.3 Å². The number of hydrogen-bond donors (Lipinski definition) is 2. The van der Waals surface area contributed by atoms with E-state index < -0.39 is 0 Å². The summed E-state index contributed by atoms with van der Waals surface area (Å²) in [5.74, 6) is 1.18. The van der Waals surface area contributed by atoms with Gasteiger partial charge >= 0.3 is 6.01 Å². The standard InChI is InChI=1S/C14H25N5OS/c1-4-8-15-12-17-13(19-14(18-12)20-2)16-10-6-5-7-11(9-10)21-3/h10-11H,4-9H2,1-3H3,(H2,15,16,17,18,19). The van der Waals surface area contributed by atoms with Gasteiger partial charge in [0.25, 0.3) is 0 Å². The molecule has 118 valence electrons. The molecule has 0 amide bonds. The molecule has 7 heteroatoms. The number of rotatable bonds is 7. The van der Waals surface area contributed by atoms with Crippen molar-refractivity contribution in [1.82, 2.24) is 15.0 Å². The molecule has 0 bridgehead atoms. The average Bonchev–Trinajstić information content (AvgIpc) is 2.52. The van der Waals surface area contributed by atoms with E-state index in [9.17, 15) is 0 Å². The minimum Gasteiger partial charge on any atom is -0.467 e. The summed E-state index contributed by atoms with van der Waals surface area (Å²) in [7, 11) is 1.58. The SMILES string of the molecule is CCCNc1nc(NC2CCCC(SC)C2)nc(OC)n1. The highest BCUT2D eigenvalue weighted by atomic mass is 32.2.